The van der Waals surface area contributed by atoms with E-state index in [9.17, 15) is 19.2 Å². The largest absolute Gasteiger partial charge is 0.464 e. The smallest absolute Gasteiger partial charge is 0.329 e. The minimum Gasteiger partial charge on any atom is -0.464 e. The number of hydrogen-bond acceptors (Lipinski definition) is 6. The number of amides is 1. The van der Waals surface area contributed by atoms with E-state index in [-0.39, 0.29) is 29.8 Å². The molecule has 6 nitrogen and oxygen atoms in total. The van der Waals surface area contributed by atoms with Crippen molar-refractivity contribution in [1.82, 2.24) is 5.32 Å². The summed E-state index contributed by atoms with van der Waals surface area (Å²) >= 11 is 1.08. The van der Waals surface area contributed by atoms with Crippen molar-refractivity contribution >= 4 is 35.2 Å². The highest BCUT2D eigenvalue weighted by molar-refractivity contribution is 8.04. The third-order valence-corrected chi connectivity index (χ3v) is 4.93. The van der Waals surface area contributed by atoms with Crippen molar-refractivity contribution in [2.75, 3.05) is 12.4 Å². The lowest BCUT2D eigenvalue weighted by Gasteiger charge is -2.20. The van der Waals surface area contributed by atoms with Crippen LogP contribution in [-0.2, 0) is 14.3 Å². The number of allylic oxidation sites excluding steroid dienone is 2. The minimum atomic E-state index is -0.886. The molecule has 1 aliphatic rings. The Labute approximate surface area is 150 Å². The standard InChI is InChI=1S/C18H19NO5S/c1-4-24-18(23)14(19-11(3)20)9-25-17-10(2)15(21)12-7-5-6-8-13(12)16(17)22/h5-8,14H,4,9H2,1-3H3,(H,19,20). The molecule has 25 heavy (non-hydrogen) atoms. The number of ketones is 2. The molecule has 0 spiro atoms. The number of ether oxygens (including phenoxy) is 1. The molecule has 2 rings (SSSR count). The maximum atomic E-state index is 12.7. The first-order chi connectivity index (χ1) is 11.9. The Balaban J connectivity index is 2.22. The lowest BCUT2D eigenvalue weighted by molar-refractivity contribution is -0.146. The normalized spacial score (nSPS) is 14.8. The van der Waals surface area contributed by atoms with Crippen LogP contribution in [0.15, 0.2) is 34.7 Å². The monoisotopic (exact) mass is 361 g/mol. The molecule has 0 saturated carbocycles. The predicted molar refractivity (Wildman–Crippen MR) is 94.5 cm³/mol. The van der Waals surface area contributed by atoms with E-state index in [1.807, 2.05) is 0 Å². The van der Waals surface area contributed by atoms with Crippen LogP contribution in [0.5, 0.6) is 0 Å². The van der Waals surface area contributed by atoms with E-state index in [1.54, 1.807) is 38.1 Å². The van der Waals surface area contributed by atoms with Crippen LogP contribution in [0.2, 0.25) is 0 Å². The van der Waals surface area contributed by atoms with Gasteiger partial charge < -0.3 is 10.1 Å². The molecule has 0 radical (unpaired) electrons. The fourth-order valence-corrected chi connectivity index (χ4v) is 3.58. The van der Waals surface area contributed by atoms with Gasteiger partial charge in [0, 0.05) is 29.4 Å². The summed E-state index contributed by atoms with van der Waals surface area (Å²) in [4.78, 5) is 48.7. The van der Waals surface area contributed by atoms with Gasteiger partial charge in [0.1, 0.15) is 6.04 Å². The maximum absolute atomic E-state index is 12.7. The summed E-state index contributed by atoms with van der Waals surface area (Å²) in [5.74, 6) is -1.29. The van der Waals surface area contributed by atoms with Gasteiger partial charge in [-0.25, -0.2) is 4.79 Å². The molecule has 0 aliphatic heterocycles. The molecule has 1 N–H and O–H groups in total. The number of carbonyl (C=O) groups is 4. The fraction of sp³-hybridized carbons (Fsp3) is 0.333. The van der Waals surface area contributed by atoms with E-state index in [0.29, 0.717) is 21.6 Å². The van der Waals surface area contributed by atoms with Gasteiger partial charge in [-0.2, -0.15) is 0 Å². The van der Waals surface area contributed by atoms with Crippen LogP contribution in [0.1, 0.15) is 41.5 Å². The molecule has 0 heterocycles. The second-order valence-corrected chi connectivity index (χ2v) is 6.50. The lowest BCUT2D eigenvalue weighted by atomic mass is 9.90. The van der Waals surface area contributed by atoms with Crippen LogP contribution in [0.3, 0.4) is 0 Å². The van der Waals surface area contributed by atoms with Gasteiger partial charge in [-0.1, -0.05) is 24.3 Å². The second kappa shape index (κ2) is 8.11. The zero-order valence-corrected chi connectivity index (χ0v) is 15.1. The van der Waals surface area contributed by atoms with E-state index >= 15 is 0 Å². The van der Waals surface area contributed by atoms with Crippen molar-refractivity contribution in [3.63, 3.8) is 0 Å². The number of thioether (sulfide) groups is 1. The molecule has 0 saturated heterocycles. The zero-order chi connectivity index (χ0) is 18.6. The Kier molecular flexibility index (Phi) is 6.14. The minimum absolute atomic E-state index is 0.103. The highest BCUT2D eigenvalue weighted by Gasteiger charge is 2.31. The molecule has 0 aromatic heterocycles. The van der Waals surface area contributed by atoms with Gasteiger partial charge in [-0.05, 0) is 13.8 Å². The van der Waals surface area contributed by atoms with E-state index in [0.717, 1.165) is 11.8 Å². The molecule has 1 atom stereocenters. The Hall–Kier alpha value is -2.41. The molecule has 0 fully saturated rings. The molecule has 132 valence electrons. The first kappa shape index (κ1) is 18.9. The summed E-state index contributed by atoms with van der Waals surface area (Å²) in [6.45, 7) is 4.75. The van der Waals surface area contributed by atoms with Gasteiger partial charge in [-0.3, -0.25) is 14.4 Å². The summed E-state index contributed by atoms with van der Waals surface area (Å²) in [5.41, 5.74) is 1.09. The third-order valence-electron chi connectivity index (χ3n) is 3.65. The number of fused-ring (bicyclic) bond motifs is 1. The molecule has 1 aromatic carbocycles. The van der Waals surface area contributed by atoms with Crippen molar-refractivity contribution in [2.45, 2.75) is 26.8 Å². The number of nitrogens with one attached hydrogen (secondary N) is 1. The summed E-state index contributed by atoms with van der Waals surface area (Å²) in [7, 11) is 0. The molecule has 0 bridgehead atoms. The molecule has 1 aromatic rings. The molecule has 1 amide bonds. The van der Waals surface area contributed by atoms with Crippen LogP contribution in [0.4, 0.5) is 0 Å². The summed E-state index contributed by atoms with van der Waals surface area (Å²) in [6.07, 6.45) is 0. The van der Waals surface area contributed by atoms with E-state index < -0.39 is 12.0 Å². The SMILES string of the molecule is CCOC(=O)C(CSC1=C(C)C(=O)c2ccccc2C1=O)NC(C)=O. The Morgan fingerprint density at radius 3 is 2.32 bits per heavy atom. The lowest BCUT2D eigenvalue weighted by Crippen LogP contribution is -2.42. The van der Waals surface area contributed by atoms with Crippen molar-refractivity contribution < 1.29 is 23.9 Å². The van der Waals surface area contributed by atoms with Crippen LogP contribution in [-0.4, -0.2) is 41.8 Å². The highest BCUT2D eigenvalue weighted by Crippen LogP contribution is 2.33. The highest BCUT2D eigenvalue weighted by atomic mass is 32.2. The summed E-state index contributed by atoms with van der Waals surface area (Å²) in [5, 5.41) is 2.51. The number of esters is 1. The topological polar surface area (TPSA) is 89.5 Å². The predicted octanol–water partition coefficient (Wildman–Crippen LogP) is 2.14. The number of benzene rings is 1. The molecule has 7 heteroatoms. The zero-order valence-electron chi connectivity index (χ0n) is 14.3. The quantitative estimate of drug-likeness (QED) is 0.781. The Morgan fingerprint density at radius 2 is 1.76 bits per heavy atom. The number of Topliss-reactive ketones (excluding diaryl/α,β-unsaturated/α-hetero) is 2. The first-order valence-corrected chi connectivity index (χ1v) is 8.81. The van der Waals surface area contributed by atoms with E-state index in [4.69, 9.17) is 4.74 Å². The van der Waals surface area contributed by atoms with Crippen molar-refractivity contribution in [2.24, 2.45) is 0 Å². The van der Waals surface area contributed by atoms with Crippen LogP contribution in [0, 0.1) is 0 Å². The van der Waals surface area contributed by atoms with Gasteiger partial charge in [0.15, 0.2) is 11.6 Å². The van der Waals surface area contributed by atoms with Gasteiger partial charge in [0.25, 0.3) is 0 Å². The molecule has 1 unspecified atom stereocenters. The average Bonchev–Trinajstić information content (AvgIpc) is 2.58. The number of rotatable bonds is 6. The first-order valence-electron chi connectivity index (χ1n) is 7.82. The summed E-state index contributed by atoms with van der Waals surface area (Å²) < 4.78 is 4.94. The third kappa shape index (κ3) is 4.17. The Bertz CT molecular complexity index is 768. The van der Waals surface area contributed by atoms with Crippen molar-refractivity contribution in [3.8, 4) is 0 Å². The van der Waals surface area contributed by atoms with Crippen LogP contribution in [0.25, 0.3) is 0 Å². The average molecular weight is 361 g/mol. The van der Waals surface area contributed by atoms with Gasteiger partial charge >= 0.3 is 5.97 Å². The second-order valence-electron chi connectivity index (χ2n) is 5.47. The van der Waals surface area contributed by atoms with Gasteiger partial charge in [0.2, 0.25) is 5.91 Å². The van der Waals surface area contributed by atoms with E-state index in [1.165, 1.54) is 6.92 Å². The molecular weight excluding hydrogens is 342 g/mol. The fourth-order valence-electron chi connectivity index (χ4n) is 2.47. The van der Waals surface area contributed by atoms with Gasteiger partial charge in [0.05, 0.1) is 11.5 Å². The molecule has 1 aliphatic carbocycles. The molecular formula is C18H19NO5S. The van der Waals surface area contributed by atoms with Crippen molar-refractivity contribution in [3.05, 3.63) is 45.9 Å². The van der Waals surface area contributed by atoms with Gasteiger partial charge in [-0.15, -0.1) is 11.8 Å². The summed E-state index contributed by atoms with van der Waals surface area (Å²) in [6, 6.07) is 5.76. The van der Waals surface area contributed by atoms with Crippen LogP contribution < -0.4 is 5.32 Å². The maximum Gasteiger partial charge on any atom is 0.329 e. The number of carbonyl (C=O) groups excluding carboxylic acids is 4. The van der Waals surface area contributed by atoms with Crippen molar-refractivity contribution in [1.29, 1.82) is 0 Å². The van der Waals surface area contributed by atoms with E-state index in [2.05, 4.69) is 5.32 Å². The van der Waals surface area contributed by atoms with Crippen LogP contribution >= 0.6 is 11.8 Å². The number of hydrogen-bond donors (Lipinski definition) is 1. The Morgan fingerprint density at radius 1 is 1.16 bits per heavy atom.